The van der Waals surface area contributed by atoms with Crippen LogP contribution in [0.4, 0.5) is 5.69 Å². The lowest BCUT2D eigenvalue weighted by atomic mass is 10.1. The second kappa shape index (κ2) is 10.6. The molecule has 0 atom stereocenters. The van der Waals surface area contributed by atoms with Crippen molar-refractivity contribution in [3.8, 4) is 11.5 Å². The lowest BCUT2D eigenvalue weighted by Crippen LogP contribution is -2.05. The van der Waals surface area contributed by atoms with Gasteiger partial charge in [-0.15, -0.1) is 0 Å². The fraction of sp³-hybridized carbons (Fsp3) is 0.208. The lowest BCUT2D eigenvalue weighted by molar-refractivity contribution is 0.0697. The molecule has 0 aliphatic carbocycles. The van der Waals surface area contributed by atoms with E-state index in [1.807, 2.05) is 44.2 Å². The normalized spacial score (nSPS) is 10.6. The average molecular weight is 505 g/mol. The molecule has 0 spiro atoms. The third-order valence-corrected chi connectivity index (χ3v) is 5.45. The zero-order valence-electron chi connectivity index (χ0n) is 17.2. The predicted octanol–water partition coefficient (Wildman–Crippen LogP) is 6.70. The minimum absolute atomic E-state index is 0.0581. The highest BCUT2D eigenvalue weighted by atomic mass is 79.9. The smallest absolute Gasteiger partial charge is 0.337 e. The van der Waals surface area contributed by atoms with E-state index >= 15 is 0 Å². The summed E-state index contributed by atoms with van der Waals surface area (Å²) in [6.07, 6.45) is 0. The summed E-state index contributed by atoms with van der Waals surface area (Å²) in [4.78, 5) is 11.3. The van der Waals surface area contributed by atoms with Gasteiger partial charge in [-0.25, -0.2) is 4.79 Å². The van der Waals surface area contributed by atoms with Gasteiger partial charge in [0.2, 0.25) is 0 Å². The highest BCUT2D eigenvalue weighted by Crippen LogP contribution is 2.37. The molecule has 2 N–H and O–H groups in total. The summed E-state index contributed by atoms with van der Waals surface area (Å²) in [5.74, 6) is 0.223. The van der Waals surface area contributed by atoms with Crippen LogP contribution < -0.4 is 14.8 Å². The largest absolute Gasteiger partial charge is 0.490 e. The number of carboxylic acids is 1. The van der Waals surface area contributed by atoms with E-state index < -0.39 is 5.97 Å². The van der Waals surface area contributed by atoms with Gasteiger partial charge in [-0.2, -0.15) is 0 Å². The van der Waals surface area contributed by atoms with Crippen molar-refractivity contribution < 1.29 is 19.4 Å². The van der Waals surface area contributed by atoms with E-state index in [4.69, 9.17) is 21.1 Å². The molecular weight excluding hydrogens is 482 g/mol. The van der Waals surface area contributed by atoms with Crippen LogP contribution in [-0.4, -0.2) is 17.7 Å². The Hall–Kier alpha value is -2.70. The van der Waals surface area contributed by atoms with E-state index in [-0.39, 0.29) is 10.6 Å². The highest BCUT2D eigenvalue weighted by Gasteiger charge is 2.14. The molecule has 3 aromatic rings. The summed E-state index contributed by atoms with van der Waals surface area (Å²) < 4.78 is 12.7. The average Bonchev–Trinajstić information content (AvgIpc) is 2.72. The van der Waals surface area contributed by atoms with Crippen molar-refractivity contribution in [2.75, 3.05) is 11.9 Å². The molecule has 7 heteroatoms. The molecule has 3 rings (SSSR count). The molecule has 0 aliphatic rings. The molecule has 162 valence electrons. The molecular formula is C24H23BrClNO4. The van der Waals surface area contributed by atoms with Crippen molar-refractivity contribution in [1.29, 1.82) is 0 Å². The van der Waals surface area contributed by atoms with E-state index in [2.05, 4.69) is 27.3 Å². The van der Waals surface area contributed by atoms with Gasteiger partial charge in [0, 0.05) is 12.2 Å². The second-order valence-electron chi connectivity index (χ2n) is 6.97. The maximum absolute atomic E-state index is 11.3. The Bertz CT molecular complexity index is 1090. The zero-order chi connectivity index (χ0) is 22.4. The molecule has 31 heavy (non-hydrogen) atoms. The number of carbonyl (C=O) groups is 1. The van der Waals surface area contributed by atoms with Gasteiger partial charge in [0.1, 0.15) is 6.61 Å². The van der Waals surface area contributed by atoms with E-state index in [0.29, 0.717) is 36.9 Å². The number of aromatic carboxylic acids is 1. The van der Waals surface area contributed by atoms with Gasteiger partial charge >= 0.3 is 5.97 Å². The summed E-state index contributed by atoms with van der Waals surface area (Å²) in [5.41, 5.74) is 3.93. The third-order valence-electron chi connectivity index (χ3n) is 4.53. The predicted molar refractivity (Wildman–Crippen MR) is 127 cm³/mol. The lowest BCUT2D eigenvalue weighted by Gasteiger charge is -2.16. The molecule has 0 aliphatic heterocycles. The quantitative estimate of drug-likeness (QED) is 0.339. The van der Waals surface area contributed by atoms with Crippen LogP contribution in [0.15, 0.2) is 59.1 Å². The number of benzene rings is 3. The van der Waals surface area contributed by atoms with Crippen molar-refractivity contribution in [3.05, 3.63) is 86.3 Å². The number of ether oxygens (including phenoxy) is 2. The number of hydrogen-bond donors (Lipinski definition) is 2. The van der Waals surface area contributed by atoms with Crippen molar-refractivity contribution in [2.45, 2.75) is 27.0 Å². The number of carboxylic acid groups (broad SMARTS) is 1. The molecule has 0 amide bonds. The Kier molecular flexibility index (Phi) is 7.82. The molecule has 3 aromatic carbocycles. The molecule has 0 aromatic heterocycles. The SMILES string of the molecule is CCOc1cc(CNc2ccc(Cl)c(C(=O)O)c2)cc(Br)c1OCc1cccc(C)c1. The molecule has 0 saturated heterocycles. The van der Waals surface area contributed by atoms with Gasteiger partial charge < -0.3 is 19.9 Å². The van der Waals surface area contributed by atoms with Crippen LogP contribution in [0.5, 0.6) is 11.5 Å². The van der Waals surface area contributed by atoms with Crippen LogP contribution >= 0.6 is 27.5 Å². The van der Waals surface area contributed by atoms with Gasteiger partial charge in [0.05, 0.1) is 21.7 Å². The Morgan fingerprint density at radius 3 is 2.61 bits per heavy atom. The number of halogens is 2. The summed E-state index contributed by atoms with van der Waals surface area (Å²) in [5, 5.41) is 12.7. The van der Waals surface area contributed by atoms with Gasteiger partial charge in [0.15, 0.2) is 11.5 Å². The fourth-order valence-electron chi connectivity index (χ4n) is 3.09. The van der Waals surface area contributed by atoms with Crippen LogP contribution in [0, 0.1) is 6.92 Å². The molecule has 0 radical (unpaired) electrons. The number of hydrogen-bond acceptors (Lipinski definition) is 4. The van der Waals surface area contributed by atoms with Crippen molar-refractivity contribution in [3.63, 3.8) is 0 Å². The van der Waals surface area contributed by atoms with Gasteiger partial charge in [-0.05, 0) is 71.2 Å². The van der Waals surface area contributed by atoms with Gasteiger partial charge in [-0.1, -0.05) is 41.4 Å². The molecule has 0 heterocycles. The number of aryl methyl sites for hydroxylation is 1. The summed E-state index contributed by atoms with van der Waals surface area (Å²) in [7, 11) is 0. The maximum Gasteiger partial charge on any atom is 0.337 e. The summed E-state index contributed by atoms with van der Waals surface area (Å²) >= 11 is 9.53. The van der Waals surface area contributed by atoms with Crippen molar-refractivity contribution in [2.24, 2.45) is 0 Å². The van der Waals surface area contributed by atoms with Crippen LogP contribution in [0.3, 0.4) is 0 Å². The molecule has 0 unspecified atom stereocenters. The highest BCUT2D eigenvalue weighted by molar-refractivity contribution is 9.10. The van der Waals surface area contributed by atoms with Crippen molar-refractivity contribution >= 4 is 39.2 Å². The Balaban J connectivity index is 1.76. The topological polar surface area (TPSA) is 67.8 Å². The maximum atomic E-state index is 11.3. The van der Waals surface area contributed by atoms with Crippen molar-refractivity contribution in [1.82, 2.24) is 0 Å². The zero-order valence-corrected chi connectivity index (χ0v) is 19.6. The summed E-state index contributed by atoms with van der Waals surface area (Å²) in [6, 6.07) is 16.9. The van der Waals surface area contributed by atoms with Gasteiger partial charge in [-0.3, -0.25) is 0 Å². The van der Waals surface area contributed by atoms with Crippen LogP contribution in [0.25, 0.3) is 0 Å². The molecule has 0 fully saturated rings. The van der Waals surface area contributed by atoms with Gasteiger partial charge in [0.25, 0.3) is 0 Å². The fourth-order valence-corrected chi connectivity index (χ4v) is 3.89. The molecule has 0 saturated carbocycles. The first-order valence-corrected chi connectivity index (χ1v) is 10.9. The molecule has 5 nitrogen and oxygen atoms in total. The minimum atomic E-state index is -1.06. The third kappa shape index (κ3) is 6.15. The number of anilines is 1. The standard InChI is InChI=1S/C24H23BrClNO4/c1-3-30-22-11-17(13-27-18-7-8-21(26)19(12-18)24(28)29)10-20(25)23(22)31-14-16-6-4-5-15(2)9-16/h4-12,27H,3,13-14H2,1-2H3,(H,28,29). The summed E-state index contributed by atoms with van der Waals surface area (Å²) in [6.45, 7) is 5.37. The van der Waals surface area contributed by atoms with Crippen LogP contribution in [0.2, 0.25) is 5.02 Å². The van der Waals surface area contributed by atoms with E-state index in [1.165, 1.54) is 11.6 Å². The molecule has 0 bridgehead atoms. The number of nitrogens with one attached hydrogen (secondary N) is 1. The monoisotopic (exact) mass is 503 g/mol. The van der Waals surface area contributed by atoms with Crippen LogP contribution in [0.1, 0.15) is 34.0 Å². The Labute approximate surface area is 195 Å². The van der Waals surface area contributed by atoms with E-state index in [0.717, 1.165) is 15.6 Å². The minimum Gasteiger partial charge on any atom is -0.490 e. The second-order valence-corrected chi connectivity index (χ2v) is 8.23. The first kappa shape index (κ1) is 23.0. The first-order valence-electron chi connectivity index (χ1n) is 9.77. The Morgan fingerprint density at radius 2 is 1.90 bits per heavy atom. The van der Waals surface area contributed by atoms with Crippen LogP contribution in [-0.2, 0) is 13.2 Å². The van der Waals surface area contributed by atoms with E-state index in [1.54, 1.807) is 12.1 Å². The van der Waals surface area contributed by atoms with E-state index in [9.17, 15) is 9.90 Å². The first-order chi connectivity index (χ1) is 14.9. The Morgan fingerprint density at radius 1 is 1.10 bits per heavy atom. The number of rotatable bonds is 9.